The van der Waals surface area contributed by atoms with Gasteiger partial charge in [0.1, 0.15) is 0 Å². The minimum Gasteiger partial charge on any atom is -0.377 e. The van der Waals surface area contributed by atoms with Crippen LogP contribution in [-0.2, 0) is 4.79 Å². The van der Waals surface area contributed by atoms with E-state index in [1.807, 2.05) is 36.5 Å². The van der Waals surface area contributed by atoms with Crippen LogP contribution in [0.2, 0.25) is 0 Å². The molecule has 1 aliphatic heterocycles. The van der Waals surface area contributed by atoms with Crippen LogP contribution < -0.4 is 0 Å². The molecule has 1 aliphatic rings. The summed E-state index contributed by atoms with van der Waals surface area (Å²) in [4.78, 5) is 14.3. The van der Waals surface area contributed by atoms with Gasteiger partial charge in [-0.2, -0.15) is 4.68 Å². The van der Waals surface area contributed by atoms with E-state index in [0.29, 0.717) is 11.4 Å². The molecule has 1 saturated heterocycles. The summed E-state index contributed by atoms with van der Waals surface area (Å²) in [5, 5.41) is 11.8. The van der Waals surface area contributed by atoms with Crippen LogP contribution in [-0.4, -0.2) is 44.0 Å². The topological polar surface area (TPSA) is 63.9 Å². The van der Waals surface area contributed by atoms with Crippen molar-refractivity contribution in [2.24, 2.45) is 0 Å². The Bertz CT molecular complexity index is 671. The number of benzene rings is 1. The second kappa shape index (κ2) is 6.51. The molecule has 0 bridgehead atoms. The lowest BCUT2D eigenvalue weighted by Gasteiger charge is -2.25. The fraction of sp³-hybridized carbons (Fsp3) is 0.375. The molecular formula is C16H19N5O. The van der Waals surface area contributed by atoms with Crippen LogP contribution in [0.4, 0.5) is 0 Å². The van der Waals surface area contributed by atoms with Crippen LogP contribution in [0.3, 0.4) is 0 Å². The summed E-state index contributed by atoms with van der Waals surface area (Å²) in [6, 6.07) is 9.60. The molecule has 0 saturated carbocycles. The zero-order valence-electron chi connectivity index (χ0n) is 12.6. The average molecular weight is 297 g/mol. The lowest BCUT2D eigenvalue weighted by molar-refractivity contribution is -0.111. The molecule has 114 valence electrons. The van der Waals surface area contributed by atoms with E-state index in [9.17, 15) is 4.79 Å². The van der Waals surface area contributed by atoms with Gasteiger partial charge in [0.2, 0.25) is 0 Å². The van der Waals surface area contributed by atoms with Gasteiger partial charge in [0, 0.05) is 19.3 Å². The van der Waals surface area contributed by atoms with Crippen LogP contribution in [0.1, 0.15) is 32.0 Å². The monoisotopic (exact) mass is 297 g/mol. The Kier molecular flexibility index (Phi) is 4.27. The van der Waals surface area contributed by atoms with E-state index in [1.54, 1.807) is 11.6 Å². The van der Waals surface area contributed by atoms with Crippen LogP contribution in [0.5, 0.6) is 0 Å². The quantitative estimate of drug-likeness (QED) is 0.808. The van der Waals surface area contributed by atoms with Gasteiger partial charge < -0.3 is 4.90 Å². The zero-order chi connectivity index (χ0) is 15.4. The third-order valence-electron chi connectivity index (χ3n) is 3.79. The van der Waals surface area contributed by atoms with E-state index in [4.69, 9.17) is 0 Å². The molecule has 0 atom stereocenters. The highest BCUT2D eigenvalue weighted by atomic mass is 16.1. The van der Waals surface area contributed by atoms with Gasteiger partial charge in [-0.25, -0.2) is 0 Å². The number of rotatable bonds is 4. The minimum absolute atomic E-state index is 0.0300. The second-order valence-corrected chi connectivity index (χ2v) is 5.45. The van der Waals surface area contributed by atoms with Crippen molar-refractivity contribution in [2.45, 2.75) is 26.2 Å². The average Bonchev–Trinajstić information content (AvgIpc) is 3.03. The number of carbonyl (C=O) groups is 1. The summed E-state index contributed by atoms with van der Waals surface area (Å²) >= 11 is 0. The van der Waals surface area contributed by atoms with E-state index in [-0.39, 0.29) is 5.78 Å². The molecule has 3 rings (SSSR count). The maximum absolute atomic E-state index is 12.1. The number of tetrazole rings is 1. The van der Waals surface area contributed by atoms with Gasteiger partial charge in [-0.3, -0.25) is 4.79 Å². The van der Waals surface area contributed by atoms with E-state index in [1.165, 1.54) is 6.42 Å². The summed E-state index contributed by atoms with van der Waals surface area (Å²) in [6.45, 7) is 3.51. The first-order valence-corrected chi connectivity index (χ1v) is 7.56. The van der Waals surface area contributed by atoms with E-state index >= 15 is 0 Å². The van der Waals surface area contributed by atoms with Gasteiger partial charge in [0.25, 0.3) is 0 Å². The maximum Gasteiger partial charge on any atom is 0.192 e. The first kappa shape index (κ1) is 14.4. The number of nitrogens with zero attached hydrogens (tertiary/aromatic N) is 5. The molecule has 0 amide bonds. The van der Waals surface area contributed by atoms with Crippen molar-refractivity contribution in [1.29, 1.82) is 0 Å². The molecule has 6 nitrogen and oxygen atoms in total. The summed E-state index contributed by atoms with van der Waals surface area (Å²) in [7, 11) is 0. The summed E-state index contributed by atoms with van der Waals surface area (Å²) < 4.78 is 1.61. The van der Waals surface area contributed by atoms with Gasteiger partial charge in [-0.1, -0.05) is 18.2 Å². The summed E-state index contributed by atoms with van der Waals surface area (Å²) in [6.07, 6.45) is 5.48. The molecule has 0 spiro atoms. The Balaban J connectivity index is 1.98. The molecule has 1 aromatic heterocycles. The largest absolute Gasteiger partial charge is 0.377 e. The number of hydrogen-bond donors (Lipinski definition) is 0. The molecule has 2 aromatic rings. The zero-order valence-corrected chi connectivity index (χ0v) is 12.6. The van der Waals surface area contributed by atoms with E-state index in [2.05, 4.69) is 20.4 Å². The predicted molar refractivity (Wildman–Crippen MR) is 83.2 cm³/mol. The van der Waals surface area contributed by atoms with Crippen molar-refractivity contribution >= 4 is 11.4 Å². The number of hydrogen-bond acceptors (Lipinski definition) is 5. The normalized spacial score (nSPS) is 15.9. The highest BCUT2D eigenvalue weighted by molar-refractivity contribution is 6.18. The van der Waals surface area contributed by atoms with E-state index in [0.717, 1.165) is 31.6 Å². The third-order valence-corrected chi connectivity index (χ3v) is 3.79. The highest BCUT2D eigenvalue weighted by Crippen LogP contribution is 2.19. The molecule has 0 aliphatic carbocycles. The fourth-order valence-electron chi connectivity index (χ4n) is 2.63. The Morgan fingerprint density at radius 3 is 2.55 bits per heavy atom. The van der Waals surface area contributed by atoms with Gasteiger partial charge in [0.15, 0.2) is 11.6 Å². The molecule has 2 heterocycles. The number of piperidine rings is 1. The van der Waals surface area contributed by atoms with Gasteiger partial charge in [-0.05, 0) is 48.7 Å². The Morgan fingerprint density at radius 2 is 1.86 bits per heavy atom. The number of allylic oxidation sites excluding steroid dienone is 1. The number of likely N-dealkylation sites (tertiary alicyclic amines) is 1. The third kappa shape index (κ3) is 3.05. The second-order valence-electron chi connectivity index (χ2n) is 5.45. The minimum atomic E-state index is -0.0300. The molecule has 1 aromatic carbocycles. The molecule has 22 heavy (non-hydrogen) atoms. The van der Waals surface area contributed by atoms with Crippen LogP contribution in [0.15, 0.2) is 36.5 Å². The van der Waals surface area contributed by atoms with Gasteiger partial charge >= 0.3 is 0 Å². The Hall–Kier alpha value is -2.50. The molecular weight excluding hydrogens is 278 g/mol. The lowest BCUT2D eigenvalue weighted by Crippen LogP contribution is -2.25. The van der Waals surface area contributed by atoms with Crippen LogP contribution in [0.25, 0.3) is 11.3 Å². The summed E-state index contributed by atoms with van der Waals surface area (Å²) in [5.74, 6) is 0.460. The highest BCUT2D eigenvalue weighted by Gasteiger charge is 2.19. The maximum atomic E-state index is 12.1. The first-order valence-electron chi connectivity index (χ1n) is 7.56. The molecule has 0 radical (unpaired) electrons. The van der Waals surface area contributed by atoms with Crippen molar-refractivity contribution in [2.75, 3.05) is 13.1 Å². The molecule has 0 unspecified atom stereocenters. The standard InChI is InChI=1S/C16H19N5O/c1-13(22)15(12-20-10-6-3-7-11-20)16-17-18-19-21(16)14-8-4-2-5-9-14/h2,4-5,8-9,12H,3,6-7,10-11H2,1H3/b15-12+. The van der Waals surface area contributed by atoms with Gasteiger partial charge in [0.05, 0.1) is 11.3 Å². The number of carbonyl (C=O) groups excluding carboxylic acids is 1. The number of ketones is 1. The Morgan fingerprint density at radius 1 is 1.14 bits per heavy atom. The molecule has 6 heteroatoms. The van der Waals surface area contributed by atoms with Crippen molar-refractivity contribution in [3.63, 3.8) is 0 Å². The smallest absolute Gasteiger partial charge is 0.192 e. The molecule has 1 fully saturated rings. The van der Waals surface area contributed by atoms with Crippen LogP contribution >= 0.6 is 0 Å². The van der Waals surface area contributed by atoms with Crippen molar-refractivity contribution in [1.82, 2.24) is 25.1 Å². The molecule has 0 N–H and O–H groups in total. The first-order chi connectivity index (χ1) is 10.8. The van der Waals surface area contributed by atoms with Crippen molar-refractivity contribution < 1.29 is 4.79 Å². The number of para-hydroxylation sites is 1. The SMILES string of the molecule is CC(=O)/C(=C\N1CCCCC1)c1nnnn1-c1ccccc1. The Labute approximate surface area is 129 Å². The number of aromatic nitrogens is 4. The fourth-order valence-corrected chi connectivity index (χ4v) is 2.63. The summed E-state index contributed by atoms with van der Waals surface area (Å²) in [5.41, 5.74) is 1.39. The van der Waals surface area contributed by atoms with Gasteiger partial charge in [-0.15, -0.1) is 5.10 Å². The van der Waals surface area contributed by atoms with Crippen molar-refractivity contribution in [3.05, 3.63) is 42.4 Å². The van der Waals surface area contributed by atoms with Crippen molar-refractivity contribution in [3.8, 4) is 5.69 Å². The van der Waals surface area contributed by atoms with E-state index < -0.39 is 0 Å². The lowest BCUT2D eigenvalue weighted by atomic mass is 10.1. The predicted octanol–water partition coefficient (Wildman–Crippen LogP) is 2.08. The number of Topliss-reactive ketones (excluding diaryl/α,β-unsaturated/α-hetero) is 1. The van der Waals surface area contributed by atoms with Crippen LogP contribution in [0, 0.1) is 0 Å².